The van der Waals surface area contributed by atoms with Gasteiger partial charge in [0.1, 0.15) is 5.88 Å². The molecule has 1 aromatic carbocycles. The number of nitrogens with zero attached hydrogens (tertiary/aromatic N) is 4. The number of methoxy groups -OCH3 is 2. The average Bonchev–Trinajstić information content (AvgIpc) is 2.66. The monoisotopic (exact) mass is 386 g/mol. The van der Waals surface area contributed by atoms with Gasteiger partial charge in [0.2, 0.25) is 5.91 Å². The molecule has 1 amide bonds. The minimum absolute atomic E-state index is 0.0829. The quantitative estimate of drug-likeness (QED) is 0.172. The Hall–Kier alpha value is -3.08. The Morgan fingerprint density at radius 1 is 1.19 bits per heavy atom. The number of halogens is 1. The summed E-state index contributed by atoms with van der Waals surface area (Å²) in [5.41, 5.74) is -2.66. The van der Waals surface area contributed by atoms with Crippen LogP contribution in [-0.2, 0) is 23.9 Å². The van der Waals surface area contributed by atoms with Gasteiger partial charge < -0.3 is 9.47 Å². The Morgan fingerprint density at radius 3 is 2.08 bits per heavy atom. The fraction of sp³-hybridized carbons (Fsp3) is 0.357. The highest BCUT2D eigenvalue weighted by molar-refractivity contribution is 6.27. The SMILES string of the molecule is COC(=O)C(N=Nc1ccc([N+](=O)[O-])cc1)(C(=O)OC)N(C)C(=O)CCl. The normalized spacial score (nSPS) is 11.1. The third-order valence-electron chi connectivity index (χ3n) is 3.28. The summed E-state index contributed by atoms with van der Waals surface area (Å²) in [5.74, 6) is -3.81. The molecule has 0 unspecified atom stereocenters. The van der Waals surface area contributed by atoms with E-state index in [1.165, 1.54) is 12.1 Å². The van der Waals surface area contributed by atoms with Gasteiger partial charge in [-0.15, -0.1) is 16.7 Å². The Labute approximate surface area is 152 Å². The molecule has 26 heavy (non-hydrogen) atoms. The lowest BCUT2D eigenvalue weighted by Gasteiger charge is -2.31. The molecule has 0 radical (unpaired) electrons. The number of hydrogen-bond donors (Lipinski definition) is 0. The Bertz CT molecular complexity index is 719. The summed E-state index contributed by atoms with van der Waals surface area (Å²) in [6, 6.07) is 4.79. The topological polar surface area (TPSA) is 141 Å². The molecule has 140 valence electrons. The first-order valence-electron chi connectivity index (χ1n) is 6.91. The van der Waals surface area contributed by atoms with E-state index < -0.39 is 34.3 Å². The van der Waals surface area contributed by atoms with Gasteiger partial charge in [0, 0.05) is 19.2 Å². The van der Waals surface area contributed by atoms with Gasteiger partial charge in [-0.2, -0.15) is 5.11 Å². The standard InChI is InChI=1S/C14H15ClN4O7/c1-18(11(20)8-15)14(12(21)25-2,13(22)26-3)17-16-9-4-6-10(7-5-9)19(23)24/h4-7H,8H2,1-3H3. The van der Waals surface area contributed by atoms with E-state index >= 15 is 0 Å². The van der Waals surface area contributed by atoms with Crippen LogP contribution in [0.1, 0.15) is 0 Å². The summed E-state index contributed by atoms with van der Waals surface area (Å²) in [4.78, 5) is 47.1. The van der Waals surface area contributed by atoms with Crippen LogP contribution in [-0.4, -0.2) is 60.5 Å². The maximum absolute atomic E-state index is 12.3. The van der Waals surface area contributed by atoms with Crippen molar-refractivity contribution >= 4 is 40.8 Å². The number of carbonyl (C=O) groups is 3. The molecule has 1 rings (SSSR count). The molecule has 0 aliphatic rings. The molecule has 0 spiro atoms. The maximum Gasteiger partial charge on any atom is 0.369 e. The molecule has 1 aromatic rings. The number of azo groups is 1. The molecular formula is C14H15ClN4O7. The molecule has 0 aliphatic heterocycles. The largest absolute Gasteiger partial charge is 0.465 e. The first-order valence-corrected chi connectivity index (χ1v) is 7.44. The maximum atomic E-state index is 12.3. The summed E-state index contributed by atoms with van der Waals surface area (Å²) in [5, 5.41) is 18.0. The lowest BCUT2D eigenvalue weighted by molar-refractivity contribution is -0.384. The molecule has 0 saturated carbocycles. The fourth-order valence-corrected chi connectivity index (χ4v) is 2.01. The van der Waals surface area contributed by atoms with Crippen LogP contribution in [0.2, 0.25) is 0 Å². The number of nitro benzene ring substituents is 1. The first kappa shape index (κ1) is 21.0. The number of amides is 1. The van der Waals surface area contributed by atoms with E-state index in [9.17, 15) is 24.5 Å². The Balaban J connectivity index is 3.43. The third-order valence-corrected chi connectivity index (χ3v) is 3.51. The number of ether oxygens (including phenoxy) is 2. The zero-order chi connectivity index (χ0) is 19.9. The number of benzene rings is 1. The molecular weight excluding hydrogens is 372 g/mol. The first-order chi connectivity index (χ1) is 12.2. The van der Waals surface area contributed by atoms with Crippen molar-refractivity contribution in [2.24, 2.45) is 10.2 Å². The fourth-order valence-electron chi connectivity index (χ4n) is 1.83. The van der Waals surface area contributed by atoms with Gasteiger partial charge in [0.05, 0.1) is 24.8 Å². The number of carbonyl (C=O) groups excluding carboxylic acids is 3. The number of hydrogen-bond acceptors (Lipinski definition) is 9. The minimum atomic E-state index is -2.56. The van der Waals surface area contributed by atoms with Crippen LogP contribution in [0.5, 0.6) is 0 Å². The van der Waals surface area contributed by atoms with E-state index in [1.807, 2.05) is 0 Å². The molecule has 0 N–H and O–H groups in total. The van der Waals surface area contributed by atoms with Gasteiger partial charge in [-0.05, 0) is 12.1 Å². The highest BCUT2D eigenvalue weighted by Gasteiger charge is 2.55. The predicted octanol–water partition coefficient (Wildman–Crippen LogP) is 1.42. The molecule has 0 aliphatic carbocycles. The van der Waals surface area contributed by atoms with Gasteiger partial charge in [-0.1, -0.05) is 0 Å². The zero-order valence-electron chi connectivity index (χ0n) is 14.0. The molecule has 0 bridgehead atoms. The van der Waals surface area contributed by atoms with E-state index in [0.717, 1.165) is 33.4 Å². The van der Waals surface area contributed by atoms with Gasteiger partial charge >= 0.3 is 17.6 Å². The number of alkyl halides is 1. The van der Waals surface area contributed by atoms with Crippen molar-refractivity contribution in [2.45, 2.75) is 5.66 Å². The van der Waals surface area contributed by atoms with Crippen LogP contribution < -0.4 is 0 Å². The van der Waals surface area contributed by atoms with Crippen LogP contribution in [0.15, 0.2) is 34.5 Å². The molecule has 0 heterocycles. The zero-order valence-corrected chi connectivity index (χ0v) is 14.8. The van der Waals surface area contributed by atoms with Gasteiger partial charge in [0.25, 0.3) is 5.69 Å². The van der Waals surface area contributed by atoms with Gasteiger partial charge in [-0.25, -0.2) is 9.59 Å². The van der Waals surface area contributed by atoms with Crippen LogP contribution >= 0.6 is 11.6 Å². The smallest absolute Gasteiger partial charge is 0.369 e. The second kappa shape index (κ2) is 8.85. The lowest BCUT2D eigenvalue weighted by Crippen LogP contribution is -2.60. The van der Waals surface area contributed by atoms with Gasteiger partial charge in [0.15, 0.2) is 0 Å². The second-order valence-electron chi connectivity index (χ2n) is 4.72. The van der Waals surface area contributed by atoms with Crippen molar-refractivity contribution in [2.75, 3.05) is 27.1 Å². The number of likely N-dealkylation sites (N-methyl/N-ethyl adjacent to an activating group) is 1. The molecule has 0 atom stereocenters. The van der Waals surface area contributed by atoms with Gasteiger partial charge in [-0.3, -0.25) is 19.8 Å². The molecule has 0 aromatic heterocycles. The summed E-state index contributed by atoms with van der Waals surface area (Å²) in [6.45, 7) is 0. The van der Waals surface area contributed by atoms with E-state index in [2.05, 4.69) is 19.7 Å². The molecule has 0 fully saturated rings. The van der Waals surface area contributed by atoms with Crippen molar-refractivity contribution in [3.63, 3.8) is 0 Å². The van der Waals surface area contributed by atoms with Crippen molar-refractivity contribution in [3.8, 4) is 0 Å². The number of non-ortho nitro benzene ring substituents is 1. The minimum Gasteiger partial charge on any atom is -0.465 e. The third kappa shape index (κ3) is 4.11. The molecule has 12 heteroatoms. The van der Waals surface area contributed by atoms with E-state index in [0.29, 0.717) is 4.90 Å². The summed E-state index contributed by atoms with van der Waals surface area (Å²) in [7, 11) is 3.08. The van der Waals surface area contributed by atoms with Crippen molar-refractivity contribution in [3.05, 3.63) is 34.4 Å². The van der Waals surface area contributed by atoms with Crippen molar-refractivity contribution in [1.29, 1.82) is 0 Å². The highest BCUT2D eigenvalue weighted by atomic mass is 35.5. The van der Waals surface area contributed by atoms with Crippen LogP contribution in [0.3, 0.4) is 0 Å². The summed E-state index contributed by atoms with van der Waals surface area (Å²) >= 11 is 5.48. The lowest BCUT2D eigenvalue weighted by atomic mass is 10.1. The van der Waals surface area contributed by atoms with E-state index in [4.69, 9.17) is 11.6 Å². The predicted molar refractivity (Wildman–Crippen MR) is 87.9 cm³/mol. The average molecular weight is 387 g/mol. The molecule has 11 nitrogen and oxygen atoms in total. The molecule has 0 saturated heterocycles. The van der Waals surface area contributed by atoms with Crippen LogP contribution in [0.4, 0.5) is 11.4 Å². The van der Waals surface area contributed by atoms with Crippen molar-refractivity contribution in [1.82, 2.24) is 4.90 Å². The number of esters is 2. The summed E-state index contributed by atoms with van der Waals surface area (Å²) < 4.78 is 9.15. The number of nitro groups is 1. The van der Waals surface area contributed by atoms with Crippen LogP contribution in [0.25, 0.3) is 0 Å². The Kier molecular flexibility index (Phi) is 7.14. The Morgan fingerprint density at radius 2 is 1.69 bits per heavy atom. The summed E-state index contributed by atoms with van der Waals surface area (Å²) in [6.07, 6.45) is 0. The van der Waals surface area contributed by atoms with Crippen molar-refractivity contribution < 1.29 is 28.8 Å². The highest BCUT2D eigenvalue weighted by Crippen LogP contribution is 2.25. The number of rotatable bonds is 7. The second-order valence-corrected chi connectivity index (χ2v) is 4.98. The van der Waals surface area contributed by atoms with E-state index in [1.54, 1.807) is 0 Å². The van der Waals surface area contributed by atoms with E-state index in [-0.39, 0.29) is 11.4 Å². The van der Waals surface area contributed by atoms with Crippen LogP contribution in [0, 0.1) is 10.1 Å².